The molecule has 0 radical (unpaired) electrons. The normalized spacial score (nSPS) is 20.9. The van der Waals surface area contributed by atoms with Crippen LogP contribution in [0, 0.1) is 22.5 Å². The molecule has 0 fully saturated rings. The molecule has 6 nitrogen and oxygen atoms in total. The molecule has 154 valence electrons. The van der Waals surface area contributed by atoms with Gasteiger partial charge in [-0.25, -0.2) is 0 Å². The summed E-state index contributed by atoms with van der Waals surface area (Å²) in [5, 5.41) is 11.3. The first kappa shape index (κ1) is 20.0. The van der Waals surface area contributed by atoms with Gasteiger partial charge in [0.1, 0.15) is 0 Å². The summed E-state index contributed by atoms with van der Waals surface area (Å²) in [4.78, 5) is 39.1. The van der Waals surface area contributed by atoms with Crippen molar-refractivity contribution in [1.29, 1.82) is 0 Å². The number of ketones is 1. The molecule has 1 aliphatic heterocycles. The standard InChI is InChI=1S/C24H24N2O4/c1-15-9-10-17(26(29)30)11-19(15)25-20-13-24(2,3)14-21(27)23(20)18(12-22(25)28)16-7-5-4-6-8-16/h4-11,18H,12-14H2,1-3H3. The van der Waals surface area contributed by atoms with E-state index in [-0.39, 0.29) is 35.1 Å². The van der Waals surface area contributed by atoms with E-state index in [1.807, 2.05) is 51.1 Å². The Kier molecular flexibility index (Phi) is 4.80. The highest BCUT2D eigenvalue weighted by molar-refractivity contribution is 6.08. The maximum absolute atomic E-state index is 13.4. The lowest BCUT2D eigenvalue weighted by Gasteiger charge is -2.43. The molecule has 30 heavy (non-hydrogen) atoms. The van der Waals surface area contributed by atoms with Crippen molar-refractivity contribution in [3.8, 4) is 0 Å². The molecule has 2 aromatic carbocycles. The van der Waals surface area contributed by atoms with Gasteiger partial charge in [0.05, 0.1) is 10.6 Å². The first-order valence-corrected chi connectivity index (χ1v) is 10.1. The molecule has 1 atom stereocenters. The molecule has 2 aromatic rings. The minimum Gasteiger partial charge on any atom is -0.294 e. The number of carbonyl (C=O) groups is 2. The molecule has 0 saturated carbocycles. The van der Waals surface area contributed by atoms with Crippen molar-refractivity contribution in [1.82, 2.24) is 0 Å². The highest BCUT2D eigenvalue weighted by atomic mass is 16.6. The smallest absolute Gasteiger partial charge is 0.271 e. The molecule has 1 unspecified atom stereocenters. The van der Waals surface area contributed by atoms with E-state index in [9.17, 15) is 19.7 Å². The number of nitro benzene ring substituents is 1. The van der Waals surface area contributed by atoms with Crippen LogP contribution in [0.1, 0.15) is 50.2 Å². The SMILES string of the molecule is Cc1ccc([N+](=O)[O-])cc1N1C(=O)CC(c2ccccc2)C2=C1CC(C)(C)CC2=O. The minimum absolute atomic E-state index is 0.0516. The third kappa shape index (κ3) is 3.43. The fourth-order valence-corrected chi connectivity index (χ4v) is 4.62. The molecule has 0 aromatic heterocycles. The molecule has 2 aliphatic rings. The zero-order chi connectivity index (χ0) is 21.6. The van der Waals surface area contributed by atoms with E-state index in [2.05, 4.69) is 0 Å². The number of hydrogen-bond acceptors (Lipinski definition) is 4. The van der Waals surface area contributed by atoms with E-state index in [0.717, 1.165) is 11.1 Å². The van der Waals surface area contributed by atoms with Gasteiger partial charge in [0, 0.05) is 42.2 Å². The molecule has 0 N–H and O–H groups in total. The van der Waals surface area contributed by atoms with Crippen LogP contribution >= 0.6 is 0 Å². The van der Waals surface area contributed by atoms with Crippen LogP contribution in [0.5, 0.6) is 0 Å². The molecule has 0 saturated heterocycles. The van der Waals surface area contributed by atoms with Crippen molar-refractivity contribution in [2.24, 2.45) is 5.41 Å². The Balaban J connectivity index is 1.94. The lowest BCUT2D eigenvalue weighted by molar-refractivity contribution is -0.384. The summed E-state index contributed by atoms with van der Waals surface area (Å²) in [6, 6.07) is 14.2. The van der Waals surface area contributed by atoms with E-state index < -0.39 is 4.92 Å². The second kappa shape index (κ2) is 7.20. The van der Waals surface area contributed by atoms with Crippen LogP contribution < -0.4 is 4.90 Å². The third-order valence-corrected chi connectivity index (χ3v) is 5.99. The predicted octanol–water partition coefficient (Wildman–Crippen LogP) is 5.07. The van der Waals surface area contributed by atoms with Crippen molar-refractivity contribution in [2.75, 3.05) is 4.90 Å². The quantitative estimate of drug-likeness (QED) is 0.528. The number of allylic oxidation sites excluding steroid dienone is 2. The molecular weight excluding hydrogens is 380 g/mol. The van der Waals surface area contributed by atoms with Crippen molar-refractivity contribution >= 4 is 23.1 Å². The van der Waals surface area contributed by atoms with Gasteiger partial charge in [-0.2, -0.15) is 0 Å². The summed E-state index contributed by atoms with van der Waals surface area (Å²) in [6.07, 6.45) is 1.15. The van der Waals surface area contributed by atoms with Crippen molar-refractivity contribution in [2.45, 2.75) is 46.0 Å². The molecule has 6 heteroatoms. The monoisotopic (exact) mass is 404 g/mol. The number of rotatable bonds is 3. The first-order valence-electron chi connectivity index (χ1n) is 10.1. The highest BCUT2D eigenvalue weighted by Gasteiger charge is 2.44. The van der Waals surface area contributed by atoms with Gasteiger partial charge < -0.3 is 0 Å². The van der Waals surface area contributed by atoms with E-state index in [0.29, 0.717) is 29.8 Å². The Morgan fingerprint density at radius 2 is 1.77 bits per heavy atom. The number of aryl methyl sites for hydroxylation is 1. The van der Waals surface area contributed by atoms with Gasteiger partial charge in [-0.1, -0.05) is 50.2 Å². The number of carbonyl (C=O) groups excluding carboxylic acids is 2. The van der Waals surface area contributed by atoms with Crippen molar-refractivity contribution < 1.29 is 14.5 Å². The molecule has 1 heterocycles. The number of hydrogen-bond donors (Lipinski definition) is 0. The van der Waals surface area contributed by atoms with Gasteiger partial charge in [0.2, 0.25) is 5.91 Å². The summed E-state index contributed by atoms with van der Waals surface area (Å²) >= 11 is 0. The maximum atomic E-state index is 13.4. The summed E-state index contributed by atoms with van der Waals surface area (Å²) in [5.41, 5.74) is 3.19. The second-order valence-electron chi connectivity index (χ2n) is 8.93. The summed E-state index contributed by atoms with van der Waals surface area (Å²) in [7, 11) is 0. The Morgan fingerprint density at radius 3 is 2.43 bits per heavy atom. The second-order valence-corrected chi connectivity index (χ2v) is 8.93. The average molecular weight is 404 g/mol. The average Bonchev–Trinajstić information content (AvgIpc) is 2.67. The van der Waals surface area contributed by atoms with Gasteiger partial charge in [-0.05, 0) is 29.9 Å². The predicted molar refractivity (Wildman–Crippen MR) is 114 cm³/mol. The number of nitro groups is 1. The summed E-state index contributed by atoms with van der Waals surface area (Å²) in [5.74, 6) is -0.375. The van der Waals surface area contributed by atoms with Gasteiger partial charge in [-0.3, -0.25) is 24.6 Å². The summed E-state index contributed by atoms with van der Waals surface area (Å²) < 4.78 is 0. The topological polar surface area (TPSA) is 80.5 Å². The van der Waals surface area contributed by atoms with Gasteiger partial charge in [-0.15, -0.1) is 0 Å². The number of benzene rings is 2. The van der Waals surface area contributed by atoms with Gasteiger partial charge >= 0.3 is 0 Å². The van der Waals surface area contributed by atoms with Gasteiger partial charge in [0.15, 0.2) is 5.78 Å². The number of Topliss-reactive ketones (excluding diaryl/α,β-unsaturated/α-hetero) is 1. The maximum Gasteiger partial charge on any atom is 0.271 e. The Labute approximate surface area is 175 Å². The van der Waals surface area contributed by atoms with Crippen LogP contribution in [0.4, 0.5) is 11.4 Å². The van der Waals surface area contributed by atoms with Crippen molar-refractivity contribution in [3.05, 3.63) is 81.0 Å². The van der Waals surface area contributed by atoms with Gasteiger partial charge in [0.25, 0.3) is 5.69 Å². The van der Waals surface area contributed by atoms with E-state index >= 15 is 0 Å². The third-order valence-electron chi connectivity index (χ3n) is 5.99. The zero-order valence-electron chi connectivity index (χ0n) is 17.3. The zero-order valence-corrected chi connectivity index (χ0v) is 17.3. The van der Waals surface area contributed by atoms with E-state index in [1.165, 1.54) is 12.1 Å². The fourth-order valence-electron chi connectivity index (χ4n) is 4.62. The van der Waals surface area contributed by atoms with Crippen LogP contribution in [0.15, 0.2) is 59.8 Å². The lowest BCUT2D eigenvalue weighted by Crippen LogP contribution is -2.44. The number of amides is 1. The van der Waals surface area contributed by atoms with E-state index in [1.54, 1.807) is 11.0 Å². The summed E-state index contributed by atoms with van der Waals surface area (Å²) in [6.45, 7) is 5.86. The molecule has 0 spiro atoms. The van der Waals surface area contributed by atoms with Crippen LogP contribution in [0.2, 0.25) is 0 Å². The molecule has 1 aliphatic carbocycles. The van der Waals surface area contributed by atoms with Crippen LogP contribution in [-0.2, 0) is 9.59 Å². The van der Waals surface area contributed by atoms with E-state index in [4.69, 9.17) is 0 Å². The molecule has 0 bridgehead atoms. The first-order chi connectivity index (χ1) is 14.2. The minimum atomic E-state index is -0.463. The lowest BCUT2D eigenvalue weighted by atomic mass is 9.69. The van der Waals surface area contributed by atoms with Crippen LogP contribution in [0.25, 0.3) is 0 Å². The number of non-ortho nitro benzene ring substituents is 1. The van der Waals surface area contributed by atoms with Crippen molar-refractivity contribution in [3.63, 3.8) is 0 Å². The largest absolute Gasteiger partial charge is 0.294 e. The Hall–Kier alpha value is -3.28. The van der Waals surface area contributed by atoms with Crippen LogP contribution in [0.3, 0.4) is 0 Å². The Morgan fingerprint density at radius 1 is 1.07 bits per heavy atom. The highest BCUT2D eigenvalue weighted by Crippen LogP contribution is 2.48. The molecule has 4 rings (SSSR count). The fraction of sp³-hybridized carbons (Fsp3) is 0.333. The number of anilines is 1. The molecule has 1 amide bonds. The number of nitrogens with zero attached hydrogens (tertiary/aromatic N) is 2. The Bertz CT molecular complexity index is 1090. The van der Waals surface area contributed by atoms with Crippen LogP contribution in [-0.4, -0.2) is 16.6 Å². The molecular formula is C24H24N2O4.